The summed E-state index contributed by atoms with van der Waals surface area (Å²) in [6.07, 6.45) is 2.45. The summed E-state index contributed by atoms with van der Waals surface area (Å²) in [7, 11) is 0. The highest BCUT2D eigenvalue weighted by molar-refractivity contribution is 5.87. The van der Waals surface area contributed by atoms with Gasteiger partial charge in [-0.3, -0.25) is 4.98 Å². The number of nitrogens with zero attached hydrogens (tertiary/aromatic N) is 1. The molecule has 0 aliphatic rings. The second kappa shape index (κ2) is 7.55. The van der Waals surface area contributed by atoms with Gasteiger partial charge in [0.05, 0.1) is 11.3 Å². The lowest BCUT2D eigenvalue weighted by Gasteiger charge is -2.12. The summed E-state index contributed by atoms with van der Waals surface area (Å²) in [5.41, 5.74) is 2.42. The number of aromatic carboxylic acids is 1. The SMILES string of the molecule is CC(CCNCc1ccc(C(=O)O)cn1)c1ccccc1. The summed E-state index contributed by atoms with van der Waals surface area (Å²) in [5, 5.41) is 12.1. The zero-order valence-electron chi connectivity index (χ0n) is 12.1. The summed E-state index contributed by atoms with van der Waals surface area (Å²) in [6, 6.07) is 13.8. The van der Waals surface area contributed by atoms with Gasteiger partial charge in [-0.25, -0.2) is 4.79 Å². The van der Waals surface area contributed by atoms with Crippen LogP contribution in [0.25, 0.3) is 0 Å². The number of benzene rings is 1. The lowest BCUT2D eigenvalue weighted by Crippen LogP contribution is -2.17. The van der Waals surface area contributed by atoms with E-state index in [1.54, 1.807) is 12.1 Å². The van der Waals surface area contributed by atoms with Gasteiger partial charge in [0.2, 0.25) is 0 Å². The fourth-order valence-corrected chi connectivity index (χ4v) is 2.14. The lowest BCUT2D eigenvalue weighted by atomic mass is 9.98. The zero-order valence-corrected chi connectivity index (χ0v) is 12.1. The van der Waals surface area contributed by atoms with Gasteiger partial charge in [0.1, 0.15) is 0 Å². The second-order valence-electron chi connectivity index (χ2n) is 5.12. The predicted molar refractivity (Wildman–Crippen MR) is 82.4 cm³/mol. The Morgan fingerprint density at radius 1 is 1.24 bits per heavy atom. The Hall–Kier alpha value is -2.20. The molecule has 4 heteroatoms. The van der Waals surface area contributed by atoms with Crippen LogP contribution >= 0.6 is 0 Å². The summed E-state index contributed by atoms with van der Waals surface area (Å²) in [6.45, 7) is 3.77. The van der Waals surface area contributed by atoms with E-state index in [2.05, 4.69) is 41.5 Å². The van der Waals surface area contributed by atoms with Crippen molar-refractivity contribution in [3.05, 3.63) is 65.5 Å². The molecule has 4 nitrogen and oxygen atoms in total. The highest BCUT2D eigenvalue weighted by Gasteiger charge is 2.05. The normalized spacial score (nSPS) is 12.0. The summed E-state index contributed by atoms with van der Waals surface area (Å²) < 4.78 is 0. The van der Waals surface area contributed by atoms with E-state index in [9.17, 15) is 4.79 Å². The quantitative estimate of drug-likeness (QED) is 0.767. The predicted octanol–water partition coefficient (Wildman–Crippen LogP) is 3.06. The van der Waals surface area contributed by atoms with Crippen molar-refractivity contribution in [3.8, 4) is 0 Å². The first-order valence-corrected chi connectivity index (χ1v) is 7.10. The van der Waals surface area contributed by atoms with Gasteiger partial charge in [-0.2, -0.15) is 0 Å². The van der Waals surface area contributed by atoms with Crippen LogP contribution in [0.2, 0.25) is 0 Å². The van der Waals surface area contributed by atoms with Crippen LogP contribution in [0.1, 0.15) is 40.9 Å². The Morgan fingerprint density at radius 2 is 2.00 bits per heavy atom. The van der Waals surface area contributed by atoms with Gasteiger partial charge in [0, 0.05) is 12.7 Å². The highest BCUT2D eigenvalue weighted by Crippen LogP contribution is 2.17. The van der Waals surface area contributed by atoms with Gasteiger partial charge in [0.25, 0.3) is 0 Å². The van der Waals surface area contributed by atoms with Crippen molar-refractivity contribution in [2.24, 2.45) is 0 Å². The maximum absolute atomic E-state index is 10.7. The number of pyridine rings is 1. The third-order valence-corrected chi connectivity index (χ3v) is 3.50. The number of carboxylic acid groups (broad SMARTS) is 1. The average Bonchev–Trinajstić information content (AvgIpc) is 2.52. The van der Waals surface area contributed by atoms with Crippen LogP contribution < -0.4 is 5.32 Å². The van der Waals surface area contributed by atoms with Crippen LogP contribution in [-0.2, 0) is 6.54 Å². The summed E-state index contributed by atoms with van der Waals surface area (Å²) in [4.78, 5) is 14.9. The van der Waals surface area contributed by atoms with E-state index in [-0.39, 0.29) is 5.56 Å². The van der Waals surface area contributed by atoms with E-state index < -0.39 is 5.97 Å². The topological polar surface area (TPSA) is 62.2 Å². The lowest BCUT2D eigenvalue weighted by molar-refractivity contribution is 0.0696. The molecule has 0 aliphatic heterocycles. The van der Waals surface area contributed by atoms with E-state index in [0.29, 0.717) is 12.5 Å². The van der Waals surface area contributed by atoms with Crippen LogP contribution in [0.4, 0.5) is 0 Å². The molecule has 1 atom stereocenters. The zero-order chi connectivity index (χ0) is 15.1. The minimum absolute atomic E-state index is 0.219. The van der Waals surface area contributed by atoms with Crippen molar-refractivity contribution < 1.29 is 9.90 Å². The fourth-order valence-electron chi connectivity index (χ4n) is 2.14. The van der Waals surface area contributed by atoms with Crippen molar-refractivity contribution in [1.29, 1.82) is 0 Å². The van der Waals surface area contributed by atoms with Crippen molar-refractivity contribution >= 4 is 5.97 Å². The van der Waals surface area contributed by atoms with Gasteiger partial charge in [-0.1, -0.05) is 37.3 Å². The summed E-state index contributed by atoms with van der Waals surface area (Å²) >= 11 is 0. The van der Waals surface area contributed by atoms with Gasteiger partial charge in [0.15, 0.2) is 0 Å². The molecule has 0 spiro atoms. The third-order valence-electron chi connectivity index (χ3n) is 3.50. The van der Waals surface area contributed by atoms with Crippen molar-refractivity contribution in [2.75, 3.05) is 6.54 Å². The van der Waals surface area contributed by atoms with Crippen molar-refractivity contribution in [3.63, 3.8) is 0 Å². The second-order valence-corrected chi connectivity index (χ2v) is 5.12. The van der Waals surface area contributed by atoms with E-state index in [1.165, 1.54) is 11.8 Å². The number of carbonyl (C=O) groups is 1. The van der Waals surface area contributed by atoms with Gasteiger partial charge in [-0.15, -0.1) is 0 Å². The number of hydrogen-bond acceptors (Lipinski definition) is 3. The molecule has 1 heterocycles. The highest BCUT2D eigenvalue weighted by atomic mass is 16.4. The molecule has 1 unspecified atom stereocenters. The molecule has 110 valence electrons. The average molecular weight is 284 g/mol. The van der Waals surface area contributed by atoms with E-state index >= 15 is 0 Å². The van der Waals surface area contributed by atoms with E-state index in [0.717, 1.165) is 18.7 Å². The Morgan fingerprint density at radius 3 is 2.62 bits per heavy atom. The molecular formula is C17H20N2O2. The van der Waals surface area contributed by atoms with Crippen LogP contribution in [0.5, 0.6) is 0 Å². The maximum Gasteiger partial charge on any atom is 0.337 e. The first-order valence-electron chi connectivity index (χ1n) is 7.10. The number of aromatic nitrogens is 1. The first kappa shape index (κ1) is 15.2. The van der Waals surface area contributed by atoms with E-state index in [1.807, 2.05) is 6.07 Å². The van der Waals surface area contributed by atoms with Crippen LogP contribution in [0, 0.1) is 0 Å². The fraction of sp³-hybridized carbons (Fsp3) is 0.294. The van der Waals surface area contributed by atoms with Gasteiger partial charge >= 0.3 is 5.97 Å². The monoisotopic (exact) mass is 284 g/mol. The number of nitrogens with one attached hydrogen (secondary N) is 1. The Balaban J connectivity index is 1.73. The Labute approximate surface area is 124 Å². The van der Waals surface area contributed by atoms with Gasteiger partial charge in [-0.05, 0) is 36.6 Å². The van der Waals surface area contributed by atoms with Gasteiger partial charge < -0.3 is 10.4 Å². The standard InChI is InChI=1S/C17H20N2O2/c1-13(14-5-3-2-4-6-14)9-10-18-12-16-8-7-15(11-19-16)17(20)21/h2-8,11,13,18H,9-10,12H2,1H3,(H,20,21). The third kappa shape index (κ3) is 4.68. The smallest absolute Gasteiger partial charge is 0.337 e. The Kier molecular flexibility index (Phi) is 5.46. The molecule has 0 fully saturated rings. The molecule has 0 saturated heterocycles. The molecule has 2 N–H and O–H groups in total. The molecule has 0 amide bonds. The molecule has 0 aliphatic carbocycles. The molecule has 1 aromatic carbocycles. The number of carboxylic acids is 1. The largest absolute Gasteiger partial charge is 0.478 e. The van der Waals surface area contributed by atoms with Crippen LogP contribution in [0.3, 0.4) is 0 Å². The number of rotatable bonds is 7. The molecule has 0 saturated carbocycles. The molecule has 0 radical (unpaired) electrons. The van der Waals surface area contributed by atoms with Crippen LogP contribution in [0.15, 0.2) is 48.7 Å². The molecule has 1 aromatic heterocycles. The maximum atomic E-state index is 10.7. The number of hydrogen-bond donors (Lipinski definition) is 2. The Bertz CT molecular complexity index is 567. The van der Waals surface area contributed by atoms with Crippen molar-refractivity contribution in [1.82, 2.24) is 10.3 Å². The first-order chi connectivity index (χ1) is 10.2. The summed E-state index contributed by atoms with van der Waals surface area (Å²) in [5.74, 6) is -0.431. The molecule has 2 rings (SSSR count). The van der Waals surface area contributed by atoms with Crippen LogP contribution in [-0.4, -0.2) is 22.6 Å². The molecule has 2 aromatic rings. The minimum Gasteiger partial charge on any atom is -0.478 e. The van der Waals surface area contributed by atoms with Crippen molar-refractivity contribution in [2.45, 2.75) is 25.8 Å². The molecule has 21 heavy (non-hydrogen) atoms. The molecular weight excluding hydrogens is 264 g/mol. The minimum atomic E-state index is -0.946. The van der Waals surface area contributed by atoms with E-state index in [4.69, 9.17) is 5.11 Å². The molecule has 0 bridgehead atoms.